The van der Waals surface area contributed by atoms with Gasteiger partial charge in [-0.2, -0.15) is 0 Å². The fourth-order valence-electron chi connectivity index (χ4n) is 4.10. The number of aryl methyl sites for hydroxylation is 1. The average Bonchev–Trinajstić information content (AvgIpc) is 2.86. The second-order valence-corrected chi connectivity index (χ2v) is 8.24. The van der Waals surface area contributed by atoms with E-state index in [2.05, 4.69) is 0 Å². The first kappa shape index (κ1) is 21.4. The van der Waals surface area contributed by atoms with Gasteiger partial charge in [-0.3, -0.25) is 9.59 Å². The molecule has 1 aliphatic rings. The maximum absolute atomic E-state index is 13.6. The second kappa shape index (κ2) is 9.20. The molecule has 4 nitrogen and oxygen atoms in total. The summed E-state index contributed by atoms with van der Waals surface area (Å²) < 4.78 is 5.96. The van der Waals surface area contributed by atoms with Gasteiger partial charge in [-0.15, -0.1) is 0 Å². The lowest BCUT2D eigenvalue weighted by Gasteiger charge is -2.29. The van der Waals surface area contributed by atoms with Crippen LogP contribution in [0.1, 0.15) is 32.6 Å². The summed E-state index contributed by atoms with van der Waals surface area (Å²) in [7, 11) is 0. The Labute approximate surface area is 198 Å². The van der Waals surface area contributed by atoms with Crippen molar-refractivity contribution >= 4 is 29.2 Å². The van der Waals surface area contributed by atoms with Crippen LogP contribution >= 0.6 is 0 Å². The average molecular weight is 446 g/mol. The summed E-state index contributed by atoms with van der Waals surface area (Å²) in [5.41, 5.74) is 5.05. The minimum Gasteiger partial charge on any atom is -0.489 e. The van der Waals surface area contributed by atoms with Gasteiger partial charge < -0.3 is 4.74 Å². The van der Waals surface area contributed by atoms with Gasteiger partial charge in [0.2, 0.25) is 0 Å². The van der Waals surface area contributed by atoms with Crippen molar-refractivity contribution < 1.29 is 14.3 Å². The molecule has 4 aromatic carbocycles. The highest BCUT2D eigenvalue weighted by molar-refractivity contribution is 6.43. The van der Waals surface area contributed by atoms with Gasteiger partial charge in [-0.25, -0.2) is 4.90 Å². The predicted molar refractivity (Wildman–Crippen MR) is 135 cm³/mol. The quantitative estimate of drug-likeness (QED) is 0.267. The fourth-order valence-corrected chi connectivity index (χ4v) is 4.10. The van der Waals surface area contributed by atoms with Gasteiger partial charge in [0.15, 0.2) is 0 Å². The van der Waals surface area contributed by atoms with Crippen LogP contribution in [0.3, 0.4) is 0 Å². The third-order valence-corrected chi connectivity index (χ3v) is 5.76. The van der Waals surface area contributed by atoms with Gasteiger partial charge >= 0.3 is 0 Å². The molecule has 0 saturated heterocycles. The van der Waals surface area contributed by atoms with Gasteiger partial charge in [-0.1, -0.05) is 72.8 Å². The van der Waals surface area contributed by atoms with Crippen molar-refractivity contribution in [1.29, 1.82) is 0 Å². The second-order valence-electron chi connectivity index (χ2n) is 8.24. The van der Waals surface area contributed by atoms with Crippen molar-refractivity contribution in [3.63, 3.8) is 0 Å². The number of hydrogen-bond donors (Lipinski definition) is 0. The van der Waals surface area contributed by atoms with Crippen molar-refractivity contribution in [2.45, 2.75) is 13.5 Å². The smallest absolute Gasteiger partial charge is 0.265 e. The summed E-state index contributed by atoms with van der Waals surface area (Å²) in [5.74, 6) is 0.0505. The van der Waals surface area contributed by atoms with Crippen molar-refractivity contribution in [2.75, 3.05) is 4.90 Å². The fraction of sp³-hybridized carbons (Fsp3) is 0.0667. The summed E-state index contributed by atoms with van der Waals surface area (Å²) in [5, 5.41) is 0. The lowest BCUT2D eigenvalue weighted by molar-refractivity contribution is -0.112. The molecular formula is C30H23NO3. The zero-order valence-corrected chi connectivity index (χ0v) is 18.8. The number of amides is 2. The number of carbonyl (C=O) groups excluding carboxylic acids is 2. The zero-order chi connectivity index (χ0) is 23.5. The van der Waals surface area contributed by atoms with Crippen LogP contribution in [0.15, 0.2) is 103 Å². The molecule has 0 saturated carbocycles. The molecule has 2 amide bonds. The third-order valence-electron chi connectivity index (χ3n) is 5.76. The van der Waals surface area contributed by atoms with Crippen molar-refractivity contribution in [1.82, 2.24) is 0 Å². The number of rotatable bonds is 5. The third kappa shape index (κ3) is 4.26. The van der Waals surface area contributed by atoms with E-state index in [1.54, 1.807) is 12.1 Å². The van der Waals surface area contributed by atoms with Gasteiger partial charge in [0.1, 0.15) is 12.4 Å². The van der Waals surface area contributed by atoms with Crippen LogP contribution in [0, 0.1) is 6.92 Å². The number of benzene rings is 4. The molecule has 34 heavy (non-hydrogen) atoms. The number of carbonyl (C=O) groups is 2. The van der Waals surface area contributed by atoms with Crippen molar-refractivity contribution in [3.8, 4) is 5.75 Å². The van der Waals surface area contributed by atoms with E-state index in [1.807, 2.05) is 104 Å². The Kier molecular flexibility index (Phi) is 5.79. The number of fused-ring (bicyclic) bond motifs is 1. The molecule has 4 aromatic rings. The van der Waals surface area contributed by atoms with Crippen molar-refractivity contribution in [3.05, 3.63) is 131 Å². The minimum atomic E-state index is -0.343. The molecule has 0 aromatic heterocycles. The Bertz CT molecular complexity index is 1410. The SMILES string of the molecule is Cc1cccc(N2C(=O)C(=Cc3cccc(OCc4ccccc4)c3)c3ccccc3C2=O)c1. The number of hydrogen-bond acceptors (Lipinski definition) is 3. The van der Waals surface area contributed by atoms with Crippen LogP contribution in [0.4, 0.5) is 5.69 Å². The maximum atomic E-state index is 13.6. The molecule has 166 valence electrons. The number of imide groups is 1. The summed E-state index contributed by atoms with van der Waals surface area (Å²) in [4.78, 5) is 28.1. The van der Waals surface area contributed by atoms with Gasteiger partial charge in [0.05, 0.1) is 5.69 Å². The molecule has 0 bridgehead atoms. The number of ether oxygens (including phenoxy) is 1. The van der Waals surface area contributed by atoms with Crippen molar-refractivity contribution in [2.24, 2.45) is 0 Å². The Morgan fingerprint density at radius 1 is 0.735 bits per heavy atom. The summed E-state index contributed by atoms with van der Waals surface area (Å²) in [6, 6.07) is 32.2. The van der Waals surface area contributed by atoms with E-state index in [1.165, 1.54) is 4.90 Å². The molecule has 0 spiro atoms. The lowest BCUT2D eigenvalue weighted by atomic mass is 9.91. The van der Waals surface area contributed by atoms with Crippen LogP contribution in [0.25, 0.3) is 11.6 Å². The van der Waals surface area contributed by atoms with E-state index in [4.69, 9.17) is 4.74 Å². The molecule has 0 radical (unpaired) electrons. The van der Waals surface area contributed by atoms with Crippen LogP contribution < -0.4 is 9.64 Å². The molecule has 5 rings (SSSR count). The van der Waals surface area contributed by atoms with Gasteiger partial charge in [0, 0.05) is 11.1 Å². The van der Waals surface area contributed by atoms with Crippen LogP contribution in [-0.4, -0.2) is 11.8 Å². The molecule has 0 unspecified atom stereocenters. The minimum absolute atomic E-state index is 0.316. The predicted octanol–water partition coefficient (Wildman–Crippen LogP) is 6.30. The Morgan fingerprint density at radius 2 is 1.47 bits per heavy atom. The standard InChI is InChI=1S/C30H23NO3/c1-21-9-7-13-24(17-21)31-29(32)27-16-6-5-15-26(27)28(30(31)33)19-23-12-8-14-25(18-23)34-20-22-10-3-2-4-11-22/h2-19H,20H2,1H3. The first-order valence-electron chi connectivity index (χ1n) is 11.1. The molecule has 0 N–H and O–H groups in total. The number of anilines is 1. The topological polar surface area (TPSA) is 46.6 Å². The zero-order valence-electron chi connectivity index (χ0n) is 18.8. The highest BCUT2D eigenvalue weighted by Gasteiger charge is 2.35. The molecule has 4 heteroatoms. The van der Waals surface area contributed by atoms with E-state index in [9.17, 15) is 9.59 Å². The van der Waals surface area contributed by atoms with E-state index in [0.717, 1.165) is 16.7 Å². The lowest BCUT2D eigenvalue weighted by Crippen LogP contribution is -2.41. The van der Waals surface area contributed by atoms with Crippen LogP contribution in [0.2, 0.25) is 0 Å². The van der Waals surface area contributed by atoms with Gasteiger partial charge in [-0.05, 0) is 65.6 Å². The van der Waals surface area contributed by atoms with E-state index >= 15 is 0 Å². The molecule has 0 atom stereocenters. The van der Waals surface area contributed by atoms with Crippen LogP contribution in [-0.2, 0) is 11.4 Å². The molecular weight excluding hydrogens is 422 g/mol. The van der Waals surface area contributed by atoms with Crippen LogP contribution in [0.5, 0.6) is 5.75 Å². The summed E-state index contributed by atoms with van der Waals surface area (Å²) in [6.07, 6.45) is 1.83. The molecule has 1 heterocycles. The monoisotopic (exact) mass is 445 g/mol. The summed E-state index contributed by atoms with van der Waals surface area (Å²) >= 11 is 0. The van der Waals surface area contributed by atoms with E-state index in [-0.39, 0.29) is 11.8 Å². The van der Waals surface area contributed by atoms with E-state index in [0.29, 0.717) is 34.7 Å². The highest BCUT2D eigenvalue weighted by Crippen LogP contribution is 2.34. The first-order valence-corrected chi connectivity index (χ1v) is 11.1. The summed E-state index contributed by atoms with van der Waals surface area (Å²) in [6.45, 7) is 2.40. The largest absolute Gasteiger partial charge is 0.489 e. The Balaban J connectivity index is 1.52. The first-order chi connectivity index (χ1) is 16.6. The maximum Gasteiger partial charge on any atom is 0.265 e. The normalized spacial score (nSPS) is 14.3. The molecule has 0 fully saturated rings. The highest BCUT2D eigenvalue weighted by atomic mass is 16.5. The number of nitrogens with zero attached hydrogens (tertiary/aromatic N) is 1. The molecule has 0 aliphatic carbocycles. The Hall–Kier alpha value is -4.44. The molecule has 1 aliphatic heterocycles. The van der Waals surface area contributed by atoms with E-state index < -0.39 is 0 Å². The van der Waals surface area contributed by atoms with Gasteiger partial charge in [0.25, 0.3) is 11.8 Å². The Morgan fingerprint density at radius 3 is 2.26 bits per heavy atom.